The van der Waals surface area contributed by atoms with Crippen molar-refractivity contribution in [1.82, 2.24) is 30.2 Å². The first kappa shape index (κ1) is 37.8. The number of ether oxygens (including phenoxy) is 3. The van der Waals surface area contributed by atoms with Crippen LogP contribution in [0.4, 0.5) is 21.4 Å². The molecular weight excluding hydrogens is 662 g/mol. The molecule has 0 radical (unpaired) electrons. The molecule has 0 bridgehead atoms. The molecule has 3 heterocycles. The van der Waals surface area contributed by atoms with Crippen molar-refractivity contribution < 1.29 is 23.8 Å². The molecule has 14 nitrogen and oxygen atoms in total. The zero-order valence-corrected chi connectivity index (χ0v) is 31.2. The summed E-state index contributed by atoms with van der Waals surface area (Å²) in [5, 5.41) is 17.2. The molecule has 2 amide bonds. The van der Waals surface area contributed by atoms with Crippen LogP contribution in [0.25, 0.3) is 28.0 Å². The van der Waals surface area contributed by atoms with Crippen LogP contribution in [-0.2, 0) is 9.47 Å². The maximum Gasteiger partial charge on any atom is 0.414 e. The van der Waals surface area contributed by atoms with E-state index in [1.54, 1.807) is 54.8 Å². The second-order valence-electron chi connectivity index (χ2n) is 14.7. The van der Waals surface area contributed by atoms with E-state index in [-0.39, 0.29) is 5.96 Å². The molecule has 0 unspecified atom stereocenters. The Kier molecular flexibility index (Phi) is 12.2. The number of amides is 2. The molecule has 1 aromatic carbocycles. The van der Waals surface area contributed by atoms with Gasteiger partial charge in [-0.2, -0.15) is 5.10 Å². The van der Waals surface area contributed by atoms with Crippen molar-refractivity contribution in [3.05, 3.63) is 54.7 Å². The molecule has 1 aliphatic rings. The van der Waals surface area contributed by atoms with E-state index in [2.05, 4.69) is 31.2 Å². The predicted octanol–water partition coefficient (Wildman–Crippen LogP) is 7.42. The zero-order valence-electron chi connectivity index (χ0n) is 31.2. The number of aliphatic imine (C=N–C) groups is 1. The Morgan fingerprint density at radius 1 is 0.904 bits per heavy atom. The topological polar surface area (TPSA) is 165 Å². The van der Waals surface area contributed by atoms with Crippen LogP contribution < -0.4 is 26.0 Å². The molecule has 14 heteroatoms. The number of hydrogen-bond acceptors (Lipinski definition) is 11. The van der Waals surface area contributed by atoms with Crippen LogP contribution in [0.2, 0.25) is 0 Å². The van der Waals surface area contributed by atoms with E-state index in [1.807, 2.05) is 53.0 Å². The summed E-state index contributed by atoms with van der Waals surface area (Å²) in [5.74, 6) is 2.16. The zero-order chi connectivity index (χ0) is 37.3. The van der Waals surface area contributed by atoms with Gasteiger partial charge in [-0.05, 0) is 110 Å². The fraction of sp³-hybridized carbons (Fsp3) is 0.474. The minimum Gasteiger partial charge on any atom is -0.497 e. The largest absolute Gasteiger partial charge is 0.497 e. The molecule has 1 saturated carbocycles. The van der Waals surface area contributed by atoms with Gasteiger partial charge in [0.05, 0.1) is 23.9 Å². The highest BCUT2D eigenvalue weighted by Crippen LogP contribution is 2.36. The third kappa shape index (κ3) is 10.8. The van der Waals surface area contributed by atoms with E-state index in [4.69, 9.17) is 24.3 Å². The maximum atomic E-state index is 12.4. The summed E-state index contributed by atoms with van der Waals surface area (Å²) < 4.78 is 18.0. The standard InChI is InChI=1S/C38H51N9O5/c1-37(2,3)51-35(48)44-34(45-36(49)52-38(4,5)6)40-23-11-10-22-39-30-16-12-15-29-31(28-21-24-41-33(43-28)42-26-13-8-9-14-26)32(46-47(29)30)25-17-19-27(50-7)20-18-25/h12,15-21,24,26,39H,8-11,13-14,22-23H2,1-7H3,(H,41,42,43)(H2,40,44,45,48,49). The van der Waals surface area contributed by atoms with Crippen molar-refractivity contribution in [2.45, 2.75) is 97.3 Å². The van der Waals surface area contributed by atoms with Gasteiger partial charge in [-0.3, -0.25) is 15.6 Å². The number of pyridine rings is 1. The summed E-state index contributed by atoms with van der Waals surface area (Å²) in [5.41, 5.74) is 2.87. The summed E-state index contributed by atoms with van der Waals surface area (Å²) in [7, 11) is 1.65. The van der Waals surface area contributed by atoms with Crippen molar-refractivity contribution in [2.75, 3.05) is 30.8 Å². The number of benzene rings is 1. The van der Waals surface area contributed by atoms with Gasteiger partial charge < -0.3 is 24.8 Å². The Balaban J connectivity index is 1.31. The molecule has 0 saturated heterocycles. The summed E-state index contributed by atoms with van der Waals surface area (Å²) in [6.45, 7) is 11.5. The molecule has 278 valence electrons. The van der Waals surface area contributed by atoms with Crippen molar-refractivity contribution in [3.63, 3.8) is 0 Å². The van der Waals surface area contributed by atoms with E-state index < -0.39 is 23.4 Å². The Morgan fingerprint density at radius 2 is 1.58 bits per heavy atom. The number of aromatic nitrogens is 4. The van der Waals surface area contributed by atoms with Gasteiger partial charge in [0.25, 0.3) is 0 Å². The van der Waals surface area contributed by atoms with Gasteiger partial charge in [-0.25, -0.2) is 24.1 Å². The van der Waals surface area contributed by atoms with E-state index in [1.165, 1.54) is 12.8 Å². The fourth-order valence-corrected chi connectivity index (χ4v) is 5.78. The molecule has 0 spiro atoms. The van der Waals surface area contributed by atoms with Gasteiger partial charge in [0.2, 0.25) is 11.9 Å². The minimum atomic E-state index is -0.729. The predicted molar refractivity (Wildman–Crippen MR) is 203 cm³/mol. The number of guanidine groups is 1. The summed E-state index contributed by atoms with van der Waals surface area (Å²) >= 11 is 0. The number of fused-ring (bicyclic) bond motifs is 1. The van der Waals surface area contributed by atoms with Crippen molar-refractivity contribution >= 4 is 35.4 Å². The first-order chi connectivity index (χ1) is 24.8. The minimum absolute atomic E-state index is 0.0392. The van der Waals surface area contributed by atoms with E-state index in [9.17, 15) is 9.59 Å². The maximum absolute atomic E-state index is 12.4. The Labute approximate surface area is 305 Å². The SMILES string of the molecule is COc1ccc(-c2nn3c(NCCCCN=C(NC(=O)OC(C)(C)C)NC(=O)OC(C)(C)C)cccc3c2-c2ccnc(NC3CCCC3)n2)cc1. The van der Waals surface area contributed by atoms with Gasteiger partial charge in [0.15, 0.2) is 0 Å². The molecule has 1 aliphatic carbocycles. The Hall–Kier alpha value is -5.40. The second-order valence-corrected chi connectivity index (χ2v) is 14.7. The monoisotopic (exact) mass is 713 g/mol. The number of methoxy groups -OCH3 is 1. The second kappa shape index (κ2) is 16.7. The first-order valence-corrected chi connectivity index (χ1v) is 17.8. The van der Waals surface area contributed by atoms with Crippen LogP contribution in [0.3, 0.4) is 0 Å². The third-order valence-electron chi connectivity index (χ3n) is 8.02. The third-order valence-corrected chi connectivity index (χ3v) is 8.02. The van der Waals surface area contributed by atoms with Crippen LogP contribution >= 0.6 is 0 Å². The summed E-state index contributed by atoms with van der Waals surface area (Å²) in [4.78, 5) is 38.7. The number of carbonyl (C=O) groups is 2. The van der Waals surface area contributed by atoms with Crippen LogP contribution in [0.5, 0.6) is 5.75 Å². The van der Waals surface area contributed by atoms with Gasteiger partial charge in [-0.1, -0.05) is 18.9 Å². The van der Waals surface area contributed by atoms with Crippen molar-refractivity contribution in [3.8, 4) is 28.3 Å². The summed E-state index contributed by atoms with van der Waals surface area (Å²) in [6, 6.07) is 16.2. The quantitative estimate of drug-likeness (QED) is 0.0698. The first-order valence-electron chi connectivity index (χ1n) is 17.8. The number of nitrogens with zero attached hydrogens (tertiary/aromatic N) is 5. The molecule has 52 heavy (non-hydrogen) atoms. The number of nitrogens with one attached hydrogen (secondary N) is 4. The fourth-order valence-electron chi connectivity index (χ4n) is 5.78. The molecule has 0 atom stereocenters. The van der Waals surface area contributed by atoms with Gasteiger partial charge in [-0.15, -0.1) is 0 Å². The number of alkyl carbamates (subject to hydrolysis) is 2. The highest BCUT2D eigenvalue weighted by molar-refractivity contribution is 6.01. The Bertz CT molecular complexity index is 1820. The number of unbranched alkanes of at least 4 members (excludes halogenated alkanes) is 1. The average Bonchev–Trinajstić information content (AvgIpc) is 3.73. The Morgan fingerprint density at radius 3 is 2.21 bits per heavy atom. The van der Waals surface area contributed by atoms with Crippen LogP contribution in [0.15, 0.2) is 59.7 Å². The molecule has 3 aromatic heterocycles. The number of carbonyl (C=O) groups excluding carboxylic acids is 2. The van der Waals surface area contributed by atoms with E-state index >= 15 is 0 Å². The highest BCUT2D eigenvalue weighted by Gasteiger charge is 2.23. The van der Waals surface area contributed by atoms with E-state index in [0.29, 0.717) is 31.5 Å². The molecular formula is C38H51N9O5. The number of anilines is 2. The van der Waals surface area contributed by atoms with Crippen LogP contribution in [-0.4, -0.2) is 75.2 Å². The normalized spacial score (nSPS) is 13.4. The number of rotatable bonds is 11. The lowest BCUT2D eigenvalue weighted by molar-refractivity contribution is 0.0545. The lowest BCUT2D eigenvalue weighted by atomic mass is 10.0. The lowest BCUT2D eigenvalue weighted by Crippen LogP contribution is -2.47. The highest BCUT2D eigenvalue weighted by atomic mass is 16.6. The lowest BCUT2D eigenvalue weighted by Gasteiger charge is -2.22. The smallest absolute Gasteiger partial charge is 0.414 e. The molecule has 0 aliphatic heterocycles. The molecule has 4 aromatic rings. The van der Waals surface area contributed by atoms with Crippen molar-refractivity contribution in [2.24, 2.45) is 4.99 Å². The average molecular weight is 714 g/mol. The van der Waals surface area contributed by atoms with Crippen molar-refractivity contribution in [1.29, 1.82) is 0 Å². The van der Waals surface area contributed by atoms with Gasteiger partial charge >= 0.3 is 12.2 Å². The van der Waals surface area contributed by atoms with Crippen LogP contribution in [0.1, 0.15) is 80.1 Å². The molecule has 5 rings (SSSR count). The number of hydrogen-bond donors (Lipinski definition) is 4. The van der Waals surface area contributed by atoms with E-state index in [0.717, 1.165) is 58.9 Å². The van der Waals surface area contributed by atoms with Gasteiger partial charge in [0.1, 0.15) is 28.5 Å². The summed E-state index contributed by atoms with van der Waals surface area (Å²) in [6.07, 6.45) is 6.42. The molecule has 1 fully saturated rings. The molecule has 4 N–H and O–H groups in total. The van der Waals surface area contributed by atoms with Gasteiger partial charge in [0, 0.05) is 30.9 Å². The van der Waals surface area contributed by atoms with Crippen LogP contribution in [0, 0.1) is 0 Å².